The van der Waals surface area contributed by atoms with E-state index in [4.69, 9.17) is 9.84 Å². The first-order chi connectivity index (χ1) is 5.13. The third-order valence-electron chi connectivity index (χ3n) is 1.51. The normalized spacial score (nSPS) is 18.9. The standard InChI is InChI=1S/C7H14O4/c1-5(9)7(10)6(11-2)3-4-8/h4-7,9-10H,3H2,1-2H3/t5-,6-,7+/m1/s1. The van der Waals surface area contributed by atoms with Gasteiger partial charge in [-0.1, -0.05) is 0 Å². The predicted molar refractivity (Wildman–Crippen MR) is 39.2 cm³/mol. The van der Waals surface area contributed by atoms with E-state index in [2.05, 4.69) is 0 Å². The van der Waals surface area contributed by atoms with Gasteiger partial charge >= 0.3 is 0 Å². The SMILES string of the molecule is CO[C@H](CC=O)[C@@H](O)[C@@H](C)O. The van der Waals surface area contributed by atoms with Crippen molar-refractivity contribution < 1.29 is 19.7 Å². The lowest BCUT2D eigenvalue weighted by molar-refractivity contribution is -0.115. The minimum Gasteiger partial charge on any atom is -0.391 e. The number of carbonyl (C=O) groups is 1. The molecule has 0 aromatic rings. The molecule has 0 radical (unpaired) electrons. The van der Waals surface area contributed by atoms with Gasteiger partial charge in [0.1, 0.15) is 12.4 Å². The molecule has 0 fully saturated rings. The minimum atomic E-state index is -0.995. The molecule has 4 heteroatoms. The molecule has 0 aromatic heterocycles. The maximum atomic E-state index is 10.0. The van der Waals surface area contributed by atoms with Crippen molar-refractivity contribution in [3.05, 3.63) is 0 Å². The summed E-state index contributed by atoms with van der Waals surface area (Å²) >= 11 is 0. The Morgan fingerprint density at radius 1 is 1.55 bits per heavy atom. The van der Waals surface area contributed by atoms with Crippen molar-refractivity contribution in [3.8, 4) is 0 Å². The van der Waals surface area contributed by atoms with Crippen LogP contribution in [0.5, 0.6) is 0 Å². The van der Waals surface area contributed by atoms with E-state index in [-0.39, 0.29) is 6.42 Å². The van der Waals surface area contributed by atoms with Gasteiger partial charge < -0.3 is 19.7 Å². The lowest BCUT2D eigenvalue weighted by Gasteiger charge is -2.21. The van der Waals surface area contributed by atoms with Gasteiger partial charge in [0, 0.05) is 13.5 Å². The summed E-state index contributed by atoms with van der Waals surface area (Å²) in [7, 11) is 1.39. The number of hydrogen-bond acceptors (Lipinski definition) is 4. The number of hydrogen-bond donors (Lipinski definition) is 2. The molecule has 0 aromatic carbocycles. The number of carbonyl (C=O) groups excluding carboxylic acids is 1. The second kappa shape index (κ2) is 5.23. The van der Waals surface area contributed by atoms with Crippen LogP contribution in [0.25, 0.3) is 0 Å². The van der Waals surface area contributed by atoms with Crippen LogP contribution in [0.15, 0.2) is 0 Å². The van der Waals surface area contributed by atoms with E-state index >= 15 is 0 Å². The van der Waals surface area contributed by atoms with Gasteiger partial charge in [-0.3, -0.25) is 0 Å². The van der Waals surface area contributed by atoms with Crippen molar-refractivity contribution in [2.45, 2.75) is 31.7 Å². The Kier molecular flexibility index (Phi) is 5.02. The molecule has 0 saturated carbocycles. The maximum Gasteiger partial charge on any atom is 0.122 e. The van der Waals surface area contributed by atoms with E-state index in [0.717, 1.165) is 0 Å². The molecule has 0 unspecified atom stereocenters. The molecule has 0 spiro atoms. The minimum absolute atomic E-state index is 0.0998. The largest absolute Gasteiger partial charge is 0.391 e. The van der Waals surface area contributed by atoms with E-state index in [9.17, 15) is 9.90 Å². The molecule has 2 N–H and O–H groups in total. The van der Waals surface area contributed by atoms with Crippen molar-refractivity contribution in [1.29, 1.82) is 0 Å². The van der Waals surface area contributed by atoms with Gasteiger partial charge in [-0.2, -0.15) is 0 Å². The number of aliphatic hydroxyl groups excluding tert-OH is 2. The molecule has 0 aliphatic rings. The summed E-state index contributed by atoms with van der Waals surface area (Å²) in [5.41, 5.74) is 0. The first kappa shape index (κ1) is 10.6. The second-order valence-electron chi connectivity index (χ2n) is 2.41. The van der Waals surface area contributed by atoms with Gasteiger partial charge in [0.05, 0.1) is 12.2 Å². The Bertz CT molecular complexity index is 113. The average Bonchev–Trinajstić information content (AvgIpc) is 1.98. The number of ether oxygens (including phenoxy) is 1. The molecule has 0 saturated heterocycles. The molecule has 66 valence electrons. The van der Waals surface area contributed by atoms with Gasteiger partial charge in [-0.15, -0.1) is 0 Å². The third kappa shape index (κ3) is 3.46. The Hall–Kier alpha value is -0.450. The Morgan fingerprint density at radius 3 is 2.36 bits per heavy atom. The monoisotopic (exact) mass is 162 g/mol. The van der Waals surface area contributed by atoms with Crippen molar-refractivity contribution >= 4 is 6.29 Å². The highest BCUT2D eigenvalue weighted by atomic mass is 16.5. The van der Waals surface area contributed by atoms with Gasteiger partial charge in [-0.05, 0) is 6.92 Å². The van der Waals surface area contributed by atoms with Crippen LogP contribution in [-0.4, -0.2) is 41.9 Å². The molecular weight excluding hydrogens is 148 g/mol. The zero-order chi connectivity index (χ0) is 8.85. The van der Waals surface area contributed by atoms with Crippen LogP contribution in [0.3, 0.4) is 0 Å². The van der Waals surface area contributed by atoms with Crippen molar-refractivity contribution in [1.82, 2.24) is 0 Å². The summed E-state index contributed by atoms with van der Waals surface area (Å²) in [6, 6.07) is 0. The summed E-state index contributed by atoms with van der Waals surface area (Å²) in [6.07, 6.45) is -1.72. The molecule has 0 amide bonds. The highest BCUT2D eigenvalue weighted by Crippen LogP contribution is 2.05. The quantitative estimate of drug-likeness (QED) is 0.526. The fourth-order valence-electron chi connectivity index (χ4n) is 0.781. The lowest BCUT2D eigenvalue weighted by atomic mass is 10.1. The topological polar surface area (TPSA) is 66.8 Å². The second-order valence-corrected chi connectivity index (χ2v) is 2.41. The molecule has 11 heavy (non-hydrogen) atoms. The zero-order valence-electron chi connectivity index (χ0n) is 6.73. The zero-order valence-corrected chi connectivity index (χ0v) is 6.73. The number of aldehydes is 1. The molecule has 4 nitrogen and oxygen atoms in total. The molecule has 0 aliphatic carbocycles. The average molecular weight is 162 g/mol. The summed E-state index contributed by atoms with van der Waals surface area (Å²) < 4.78 is 4.77. The fourth-order valence-corrected chi connectivity index (χ4v) is 0.781. The predicted octanol–water partition coefficient (Wildman–Crippen LogP) is -0.668. The van der Waals surface area contributed by atoms with Crippen LogP contribution in [0.4, 0.5) is 0 Å². The Labute approximate surface area is 65.8 Å². The summed E-state index contributed by atoms with van der Waals surface area (Å²) in [4.78, 5) is 10.0. The van der Waals surface area contributed by atoms with Crippen molar-refractivity contribution in [2.75, 3.05) is 7.11 Å². The number of methoxy groups -OCH3 is 1. The number of aliphatic hydroxyl groups is 2. The van der Waals surface area contributed by atoms with Crippen LogP contribution in [0, 0.1) is 0 Å². The molecule has 0 bridgehead atoms. The van der Waals surface area contributed by atoms with Gasteiger partial charge in [-0.25, -0.2) is 0 Å². The summed E-state index contributed by atoms with van der Waals surface area (Å²) in [5.74, 6) is 0. The smallest absolute Gasteiger partial charge is 0.122 e. The summed E-state index contributed by atoms with van der Waals surface area (Å²) in [5, 5.41) is 18.1. The molecular formula is C7H14O4. The molecule has 0 aliphatic heterocycles. The molecule has 0 rings (SSSR count). The first-order valence-corrected chi connectivity index (χ1v) is 3.46. The van der Waals surface area contributed by atoms with E-state index in [1.807, 2.05) is 0 Å². The van der Waals surface area contributed by atoms with Crippen LogP contribution in [0.2, 0.25) is 0 Å². The fraction of sp³-hybridized carbons (Fsp3) is 0.857. The van der Waals surface area contributed by atoms with Gasteiger partial charge in [0.15, 0.2) is 0 Å². The first-order valence-electron chi connectivity index (χ1n) is 3.46. The van der Waals surface area contributed by atoms with Crippen LogP contribution in [-0.2, 0) is 9.53 Å². The van der Waals surface area contributed by atoms with Gasteiger partial charge in [0.2, 0.25) is 0 Å². The van der Waals surface area contributed by atoms with Crippen LogP contribution >= 0.6 is 0 Å². The lowest BCUT2D eigenvalue weighted by Crippen LogP contribution is -2.37. The number of rotatable bonds is 5. The highest BCUT2D eigenvalue weighted by molar-refractivity contribution is 5.50. The molecule has 3 atom stereocenters. The maximum absolute atomic E-state index is 10.0. The third-order valence-corrected chi connectivity index (χ3v) is 1.51. The van der Waals surface area contributed by atoms with E-state index in [1.54, 1.807) is 0 Å². The Balaban J connectivity index is 3.90. The van der Waals surface area contributed by atoms with E-state index in [1.165, 1.54) is 14.0 Å². The molecule has 0 heterocycles. The van der Waals surface area contributed by atoms with Crippen LogP contribution in [0.1, 0.15) is 13.3 Å². The van der Waals surface area contributed by atoms with E-state index in [0.29, 0.717) is 6.29 Å². The Morgan fingerprint density at radius 2 is 2.09 bits per heavy atom. The van der Waals surface area contributed by atoms with Crippen molar-refractivity contribution in [3.63, 3.8) is 0 Å². The van der Waals surface area contributed by atoms with Crippen molar-refractivity contribution in [2.24, 2.45) is 0 Å². The van der Waals surface area contributed by atoms with Crippen LogP contribution < -0.4 is 0 Å². The highest BCUT2D eigenvalue weighted by Gasteiger charge is 2.22. The summed E-state index contributed by atoms with van der Waals surface area (Å²) in [6.45, 7) is 1.45. The van der Waals surface area contributed by atoms with E-state index < -0.39 is 18.3 Å². The van der Waals surface area contributed by atoms with Gasteiger partial charge in [0.25, 0.3) is 0 Å².